The molecule has 0 aliphatic carbocycles. The largest absolute Gasteiger partial charge is 0.494 e. The van der Waals surface area contributed by atoms with Crippen LogP contribution in [0.3, 0.4) is 0 Å². The monoisotopic (exact) mass is 381 g/mol. The second-order valence-electron chi connectivity index (χ2n) is 6.84. The maximum Gasteiger partial charge on any atom is 0.145 e. The fraction of sp³-hybridized carbons (Fsp3) is 0.0870. The first-order chi connectivity index (χ1) is 14.2. The Morgan fingerprint density at radius 1 is 0.828 bits per heavy atom. The Labute approximate surface area is 168 Å². The molecule has 0 saturated carbocycles. The van der Waals surface area contributed by atoms with E-state index in [2.05, 4.69) is 39.4 Å². The highest BCUT2D eigenvalue weighted by atomic mass is 16.5. The minimum Gasteiger partial charge on any atom is -0.494 e. The Kier molecular flexibility index (Phi) is 4.09. The van der Waals surface area contributed by atoms with Gasteiger partial charge in [-0.05, 0) is 23.8 Å². The summed E-state index contributed by atoms with van der Waals surface area (Å²) < 4.78 is 9.36. The van der Waals surface area contributed by atoms with Gasteiger partial charge in [-0.25, -0.2) is 4.52 Å². The Morgan fingerprint density at radius 3 is 2.34 bits per heavy atom. The van der Waals surface area contributed by atoms with Gasteiger partial charge in [-0.1, -0.05) is 30.3 Å². The van der Waals surface area contributed by atoms with Gasteiger partial charge in [-0.15, -0.1) is 0 Å². The van der Waals surface area contributed by atoms with E-state index in [1.807, 2.05) is 60.6 Å². The first-order valence-electron chi connectivity index (χ1n) is 9.29. The van der Waals surface area contributed by atoms with Crippen LogP contribution in [0.4, 0.5) is 0 Å². The minimum atomic E-state index is 0.771. The van der Waals surface area contributed by atoms with E-state index < -0.39 is 0 Å². The molecule has 0 spiro atoms. The van der Waals surface area contributed by atoms with Gasteiger partial charge >= 0.3 is 0 Å². The summed E-state index contributed by atoms with van der Waals surface area (Å²) in [6.45, 7) is 0. The van der Waals surface area contributed by atoms with Gasteiger partial charge in [0, 0.05) is 47.9 Å². The van der Waals surface area contributed by atoms with E-state index in [4.69, 9.17) is 4.74 Å². The van der Waals surface area contributed by atoms with Crippen molar-refractivity contribution in [3.8, 4) is 39.3 Å². The molecule has 0 amide bonds. The van der Waals surface area contributed by atoms with Crippen molar-refractivity contribution in [1.29, 1.82) is 0 Å². The number of nitrogens with zero attached hydrogens (tertiary/aromatic N) is 5. The topological polar surface area (TPSA) is 57.2 Å². The molecule has 4 heterocycles. The lowest BCUT2D eigenvalue weighted by Crippen LogP contribution is -1.94. The molecule has 0 atom stereocenters. The van der Waals surface area contributed by atoms with Crippen LogP contribution >= 0.6 is 0 Å². The first-order valence-corrected chi connectivity index (χ1v) is 9.29. The van der Waals surface area contributed by atoms with Gasteiger partial charge in [0.05, 0.1) is 25.2 Å². The second-order valence-corrected chi connectivity index (χ2v) is 6.84. The third-order valence-electron chi connectivity index (χ3n) is 4.99. The third kappa shape index (κ3) is 3.04. The van der Waals surface area contributed by atoms with Crippen molar-refractivity contribution in [2.75, 3.05) is 7.11 Å². The van der Waals surface area contributed by atoms with Crippen LogP contribution in [-0.4, -0.2) is 31.5 Å². The zero-order valence-corrected chi connectivity index (χ0v) is 16.1. The Hall–Kier alpha value is -3.93. The average molecular weight is 381 g/mol. The number of pyridine rings is 2. The summed E-state index contributed by atoms with van der Waals surface area (Å²) in [5.41, 5.74) is 7.09. The van der Waals surface area contributed by atoms with E-state index in [1.54, 1.807) is 18.0 Å². The highest BCUT2D eigenvalue weighted by Gasteiger charge is 2.15. The number of methoxy groups -OCH3 is 1. The number of ether oxygens (including phenoxy) is 1. The number of rotatable bonds is 4. The Bertz CT molecular complexity index is 1290. The van der Waals surface area contributed by atoms with Gasteiger partial charge in [0.25, 0.3) is 0 Å². The first kappa shape index (κ1) is 17.2. The smallest absolute Gasteiger partial charge is 0.145 e. The molecule has 6 nitrogen and oxygen atoms in total. The normalized spacial score (nSPS) is 11.1. The van der Waals surface area contributed by atoms with E-state index in [9.17, 15) is 0 Å². The molecule has 6 heteroatoms. The molecular formula is C23H19N5O. The maximum absolute atomic E-state index is 5.71. The summed E-state index contributed by atoms with van der Waals surface area (Å²) >= 11 is 0. The summed E-state index contributed by atoms with van der Waals surface area (Å²) in [4.78, 5) is 4.42. The van der Waals surface area contributed by atoms with E-state index in [1.165, 1.54) is 0 Å². The van der Waals surface area contributed by atoms with Crippen molar-refractivity contribution in [2.24, 2.45) is 7.05 Å². The highest BCUT2D eigenvalue weighted by Crippen LogP contribution is 2.35. The van der Waals surface area contributed by atoms with E-state index >= 15 is 0 Å². The summed E-state index contributed by atoms with van der Waals surface area (Å²) in [7, 11) is 3.59. The van der Waals surface area contributed by atoms with Crippen LogP contribution in [0.1, 0.15) is 0 Å². The molecule has 0 bridgehead atoms. The summed E-state index contributed by atoms with van der Waals surface area (Å²) in [5, 5.41) is 8.83. The zero-order valence-electron chi connectivity index (χ0n) is 16.1. The van der Waals surface area contributed by atoms with Gasteiger partial charge in [-0.3, -0.25) is 9.67 Å². The van der Waals surface area contributed by atoms with Crippen molar-refractivity contribution < 1.29 is 4.74 Å². The average Bonchev–Trinajstić information content (AvgIpc) is 3.40. The van der Waals surface area contributed by atoms with Crippen LogP contribution < -0.4 is 4.74 Å². The molecule has 4 aromatic heterocycles. The molecule has 0 fully saturated rings. The molecule has 5 rings (SSSR count). The van der Waals surface area contributed by atoms with Gasteiger partial charge in [-0.2, -0.15) is 10.2 Å². The highest BCUT2D eigenvalue weighted by molar-refractivity contribution is 5.86. The van der Waals surface area contributed by atoms with E-state index in [0.717, 1.165) is 44.8 Å². The summed E-state index contributed by atoms with van der Waals surface area (Å²) in [6.07, 6.45) is 9.49. The van der Waals surface area contributed by atoms with Gasteiger partial charge in [0.1, 0.15) is 11.3 Å². The number of aryl methyl sites for hydroxylation is 1. The fourth-order valence-corrected chi connectivity index (χ4v) is 3.53. The number of aromatic nitrogens is 5. The fourth-order valence-electron chi connectivity index (χ4n) is 3.53. The summed E-state index contributed by atoms with van der Waals surface area (Å²) in [6, 6.07) is 16.3. The quantitative estimate of drug-likeness (QED) is 0.461. The Morgan fingerprint density at radius 2 is 1.66 bits per heavy atom. The molecule has 0 radical (unpaired) electrons. The standard InChI is InChI=1S/C23H19N5O/c1-27-14-19(12-25-27)18-11-22(29-2)23-20(13-26-28(23)15-18)16-6-8-17(9-7-16)21-5-3-4-10-24-21/h3-15H,1-2H3. The van der Waals surface area contributed by atoms with E-state index in [-0.39, 0.29) is 0 Å². The number of hydrogen-bond acceptors (Lipinski definition) is 4. The molecule has 0 N–H and O–H groups in total. The molecule has 5 aromatic rings. The van der Waals surface area contributed by atoms with Gasteiger partial charge in [0.2, 0.25) is 0 Å². The van der Waals surface area contributed by atoms with Crippen molar-refractivity contribution in [3.63, 3.8) is 0 Å². The van der Waals surface area contributed by atoms with Crippen LogP contribution in [-0.2, 0) is 7.05 Å². The van der Waals surface area contributed by atoms with Crippen LogP contribution in [0.5, 0.6) is 5.75 Å². The maximum atomic E-state index is 5.71. The minimum absolute atomic E-state index is 0.771. The van der Waals surface area contributed by atoms with Crippen LogP contribution in [0, 0.1) is 0 Å². The molecule has 29 heavy (non-hydrogen) atoms. The lowest BCUT2D eigenvalue weighted by molar-refractivity contribution is 0.418. The van der Waals surface area contributed by atoms with Crippen LogP contribution in [0.25, 0.3) is 39.0 Å². The van der Waals surface area contributed by atoms with Crippen LogP contribution in [0.2, 0.25) is 0 Å². The predicted octanol–water partition coefficient (Wildman–Crippen LogP) is 4.47. The van der Waals surface area contributed by atoms with Gasteiger partial charge < -0.3 is 4.74 Å². The second kappa shape index (κ2) is 6.91. The molecule has 0 unspecified atom stereocenters. The van der Waals surface area contributed by atoms with Crippen molar-refractivity contribution in [1.82, 2.24) is 24.4 Å². The summed E-state index contributed by atoms with van der Waals surface area (Å²) in [5.74, 6) is 0.771. The lowest BCUT2D eigenvalue weighted by Gasteiger charge is -2.09. The molecule has 1 aromatic carbocycles. The van der Waals surface area contributed by atoms with Crippen molar-refractivity contribution >= 4 is 5.52 Å². The molecule has 0 aliphatic heterocycles. The number of hydrogen-bond donors (Lipinski definition) is 0. The van der Waals surface area contributed by atoms with Crippen LogP contribution in [0.15, 0.2) is 79.5 Å². The SMILES string of the molecule is COc1cc(-c2cnn(C)c2)cn2ncc(-c3ccc(-c4ccccn4)cc3)c12. The zero-order chi connectivity index (χ0) is 19.8. The van der Waals surface area contributed by atoms with Crippen molar-refractivity contribution in [2.45, 2.75) is 0 Å². The lowest BCUT2D eigenvalue weighted by atomic mass is 10.0. The molecule has 0 aliphatic rings. The van der Waals surface area contributed by atoms with Gasteiger partial charge in [0.15, 0.2) is 0 Å². The predicted molar refractivity (Wildman–Crippen MR) is 113 cm³/mol. The van der Waals surface area contributed by atoms with Crippen molar-refractivity contribution in [3.05, 3.63) is 79.5 Å². The number of benzene rings is 1. The Balaban J connectivity index is 1.59. The van der Waals surface area contributed by atoms with E-state index in [0.29, 0.717) is 0 Å². The molecule has 0 saturated heterocycles. The molecule has 142 valence electrons. The number of fused-ring (bicyclic) bond motifs is 1. The third-order valence-corrected chi connectivity index (χ3v) is 4.99. The molecular weight excluding hydrogens is 362 g/mol.